The van der Waals surface area contributed by atoms with Crippen LogP contribution in [0.5, 0.6) is 0 Å². The SMILES string of the molecule is O=C(NNC(=O)c1ccc(-c2nc3ccccc3s2)s1)c1ccc([N+](=O)[O-])cc1. The van der Waals surface area contributed by atoms with Gasteiger partial charge in [0.15, 0.2) is 0 Å². The van der Waals surface area contributed by atoms with Crippen LogP contribution in [0.2, 0.25) is 0 Å². The van der Waals surface area contributed by atoms with E-state index in [1.165, 1.54) is 35.6 Å². The van der Waals surface area contributed by atoms with Gasteiger partial charge < -0.3 is 0 Å². The maximum absolute atomic E-state index is 12.3. The van der Waals surface area contributed by atoms with Gasteiger partial charge in [-0.1, -0.05) is 12.1 Å². The van der Waals surface area contributed by atoms with E-state index in [4.69, 9.17) is 0 Å². The number of nitro benzene ring substituents is 1. The zero-order valence-corrected chi connectivity index (χ0v) is 16.3. The summed E-state index contributed by atoms with van der Waals surface area (Å²) >= 11 is 2.82. The Kier molecular flexibility index (Phi) is 5.02. The summed E-state index contributed by atoms with van der Waals surface area (Å²) in [6.07, 6.45) is 0. The first-order valence-electron chi connectivity index (χ1n) is 8.32. The molecule has 0 aliphatic heterocycles. The Morgan fingerprint density at radius 1 is 0.897 bits per heavy atom. The Labute approximate surface area is 172 Å². The summed E-state index contributed by atoms with van der Waals surface area (Å²) in [5.74, 6) is -1.03. The molecular formula is C19H12N4O4S2. The second-order valence-corrected chi connectivity index (χ2v) is 7.98. The molecule has 0 aliphatic rings. The summed E-state index contributed by atoms with van der Waals surface area (Å²) in [7, 11) is 0. The number of para-hydroxylation sites is 1. The number of non-ortho nitro benzene ring substituents is 1. The second kappa shape index (κ2) is 7.78. The average molecular weight is 424 g/mol. The van der Waals surface area contributed by atoms with Crippen LogP contribution in [0.15, 0.2) is 60.7 Å². The van der Waals surface area contributed by atoms with Crippen molar-refractivity contribution in [3.8, 4) is 9.88 Å². The third-order valence-corrected chi connectivity index (χ3v) is 6.25. The van der Waals surface area contributed by atoms with Gasteiger partial charge in [-0.15, -0.1) is 22.7 Å². The number of rotatable bonds is 4. The molecule has 0 bridgehead atoms. The van der Waals surface area contributed by atoms with Crippen molar-refractivity contribution in [2.45, 2.75) is 0 Å². The number of hydrogen-bond acceptors (Lipinski definition) is 7. The molecule has 4 aromatic rings. The standard InChI is InChI=1S/C19H12N4O4S2/c24-17(11-5-7-12(8-6-11)23(26)27)21-22-18(25)15-9-10-16(28-15)19-20-13-3-1-2-4-14(13)29-19/h1-10H,(H,21,24)(H,22,25). The van der Waals surface area contributed by atoms with E-state index in [9.17, 15) is 19.7 Å². The largest absolute Gasteiger partial charge is 0.279 e. The van der Waals surface area contributed by atoms with E-state index in [2.05, 4.69) is 15.8 Å². The predicted molar refractivity (Wildman–Crippen MR) is 111 cm³/mol. The van der Waals surface area contributed by atoms with Gasteiger partial charge in [0, 0.05) is 17.7 Å². The van der Waals surface area contributed by atoms with Gasteiger partial charge >= 0.3 is 0 Å². The van der Waals surface area contributed by atoms with Crippen LogP contribution in [0.3, 0.4) is 0 Å². The molecule has 0 aliphatic carbocycles. The van der Waals surface area contributed by atoms with Gasteiger partial charge in [-0.2, -0.15) is 0 Å². The Morgan fingerprint density at radius 2 is 1.62 bits per heavy atom. The highest BCUT2D eigenvalue weighted by Gasteiger charge is 2.15. The molecule has 2 N–H and O–H groups in total. The fourth-order valence-electron chi connectivity index (χ4n) is 2.53. The zero-order valence-electron chi connectivity index (χ0n) is 14.6. The first-order chi connectivity index (χ1) is 14.0. The van der Waals surface area contributed by atoms with Crippen molar-refractivity contribution in [2.24, 2.45) is 0 Å². The Morgan fingerprint density at radius 3 is 2.34 bits per heavy atom. The minimum atomic E-state index is -0.573. The summed E-state index contributed by atoms with van der Waals surface area (Å²) < 4.78 is 1.07. The van der Waals surface area contributed by atoms with E-state index in [0.717, 1.165) is 20.1 Å². The first kappa shape index (κ1) is 18.7. The number of thiazole rings is 1. The summed E-state index contributed by atoms with van der Waals surface area (Å²) in [6.45, 7) is 0. The van der Waals surface area contributed by atoms with Gasteiger partial charge in [0.25, 0.3) is 17.5 Å². The molecule has 2 amide bonds. The van der Waals surface area contributed by atoms with Crippen molar-refractivity contribution < 1.29 is 14.5 Å². The molecule has 0 spiro atoms. The van der Waals surface area contributed by atoms with Crippen molar-refractivity contribution in [3.05, 3.63) is 81.2 Å². The molecule has 8 nitrogen and oxygen atoms in total. The molecule has 4 rings (SSSR count). The lowest BCUT2D eigenvalue weighted by Crippen LogP contribution is -2.41. The van der Waals surface area contributed by atoms with E-state index in [1.807, 2.05) is 30.3 Å². The molecule has 0 saturated carbocycles. The average Bonchev–Trinajstić information content (AvgIpc) is 3.38. The Hall–Kier alpha value is -3.63. The van der Waals surface area contributed by atoms with Crippen LogP contribution in [0.1, 0.15) is 20.0 Å². The molecule has 29 heavy (non-hydrogen) atoms. The number of nitrogens with zero attached hydrogens (tertiary/aromatic N) is 2. The first-order valence-corrected chi connectivity index (χ1v) is 9.95. The van der Waals surface area contributed by atoms with Gasteiger partial charge in [-0.05, 0) is 36.4 Å². The number of amides is 2. The lowest BCUT2D eigenvalue weighted by molar-refractivity contribution is -0.384. The monoisotopic (exact) mass is 424 g/mol. The zero-order chi connectivity index (χ0) is 20.4. The van der Waals surface area contributed by atoms with Crippen LogP contribution < -0.4 is 10.9 Å². The highest BCUT2D eigenvalue weighted by molar-refractivity contribution is 7.26. The lowest BCUT2D eigenvalue weighted by Gasteiger charge is -2.06. The van der Waals surface area contributed by atoms with Crippen LogP contribution in [-0.2, 0) is 0 Å². The normalized spacial score (nSPS) is 10.6. The van der Waals surface area contributed by atoms with Crippen molar-refractivity contribution in [1.82, 2.24) is 15.8 Å². The van der Waals surface area contributed by atoms with Crippen LogP contribution in [0.4, 0.5) is 5.69 Å². The van der Waals surface area contributed by atoms with E-state index in [1.54, 1.807) is 17.4 Å². The number of aromatic nitrogens is 1. The number of fused-ring (bicyclic) bond motifs is 1. The maximum atomic E-state index is 12.3. The van der Waals surface area contributed by atoms with Crippen LogP contribution >= 0.6 is 22.7 Å². The van der Waals surface area contributed by atoms with E-state index in [0.29, 0.717) is 4.88 Å². The van der Waals surface area contributed by atoms with Gasteiger partial charge in [-0.3, -0.25) is 30.6 Å². The van der Waals surface area contributed by atoms with Crippen LogP contribution in [-0.4, -0.2) is 21.7 Å². The second-order valence-electron chi connectivity index (χ2n) is 5.86. The number of carbonyl (C=O) groups is 2. The molecule has 0 radical (unpaired) electrons. The number of carbonyl (C=O) groups excluding carboxylic acids is 2. The molecule has 0 atom stereocenters. The lowest BCUT2D eigenvalue weighted by atomic mass is 10.2. The fraction of sp³-hybridized carbons (Fsp3) is 0. The molecule has 0 fully saturated rings. The third-order valence-electron chi connectivity index (χ3n) is 3.96. The van der Waals surface area contributed by atoms with Gasteiger partial charge in [0.2, 0.25) is 0 Å². The highest BCUT2D eigenvalue weighted by atomic mass is 32.1. The predicted octanol–water partition coefficient (Wildman–Crippen LogP) is 4.01. The summed E-state index contributed by atoms with van der Waals surface area (Å²) in [6, 6.07) is 16.4. The van der Waals surface area contributed by atoms with Crippen LogP contribution in [0.25, 0.3) is 20.1 Å². The third kappa shape index (κ3) is 3.98. The van der Waals surface area contributed by atoms with Crippen molar-refractivity contribution in [2.75, 3.05) is 0 Å². The number of nitro groups is 1. The van der Waals surface area contributed by atoms with Crippen molar-refractivity contribution in [1.29, 1.82) is 0 Å². The number of nitrogens with one attached hydrogen (secondary N) is 2. The number of benzene rings is 2. The minimum absolute atomic E-state index is 0.119. The molecule has 0 unspecified atom stereocenters. The van der Waals surface area contributed by atoms with E-state index in [-0.39, 0.29) is 11.3 Å². The summed E-state index contributed by atoms with van der Waals surface area (Å²) in [5.41, 5.74) is 5.63. The van der Waals surface area contributed by atoms with Crippen molar-refractivity contribution >= 4 is 50.4 Å². The molecule has 2 aromatic carbocycles. The van der Waals surface area contributed by atoms with E-state index >= 15 is 0 Å². The van der Waals surface area contributed by atoms with Gasteiger partial charge in [0.1, 0.15) is 5.01 Å². The number of thiophene rings is 1. The molecule has 0 saturated heterocycles. The minimum Gasteiger partial charge on any atom is -0.267 e. The summed E-state index contributed by atoms with van der Waals surface area (Å²) in [5, 5.41) is 11.5. The number of hydrogen-bond donors (Lipinski definition) is 2. The quantitative estimate of drug-likeness (QED) is 0.379. The maximum Gasteiger partial charge on any atom is 0.279 e. The molecule has 144 valence electrons. The Bertz CT molecular complexity index is 1200. The van der Waals surface area contributed by atoms with E-state index < -0.39 is 16.7 Å². The number of hydrazine groups is 1. The molecule has 2 heterocycles. The topological polar surface area (TPSA) is 114 Å². The highest BCUT2D eigenvalue weighted by Crippen LogP contribution is 2.34. The van der Waals surface area contributed by atoms with Gasteiger partial charge in [-0.25, -0.2) is 4.98 Å². The van der Waals surface area contributed by atoms with Gasteiger partial charge in [0.05, 0.1) is 24.9 Å². The van der Waals surface area contributed by atoms with Crippen LogP contribution in [0, 0.1) is 10.1 Å². The molecule has 10 heteroatoms. The fourth-order valence-corrected chi connectivity index (χ4v) is 4.46. The Balaban J connectivity index is 1.41. The molecule has 2 aromatic heterocycles. The van der Waals surface area contributed by atoms with Crippen molar-refractivity contribution in [3.63, 3.8) is 0 Å². The molecular weight excluding hydrogens is 412 g/mol. The smallest absolute Gasteiger partial charge is 0.267 e. The summed E-state index contributed by atoms with van der Waals surface area (Å²) in [4.78, 5) is 40.4.